The van der Waals surface area contributed by atoms with Crippen molar-refractivity contribution >= 4 is 43.4 Å². The van der Waals surface area contributed by atoms with Gasteiger partial charge in [-0.25, -0.2) is 0 Å². The fourth-order valence-corrected chi connectivity index (χ4v) is 4.26. The first-order valence-electron chi connectivity index (χ1n) is 8.73. The van der Waals surface area contributed by atoms with Gasteiger partial charge in [0.1, 0.15) is 5.75 Å². The van der Waals surface area contributed by atoms with Gasteiger partial charge in [-0.05, 0) is 55.8 Å². The van der Waals surface area contributed by atoms with Crippen molar-refractivity contribution in [3.8, 4) is 5.75 Å². The van der Waals surface area contributed by atoms with E-state index in [4.69, 9.17) is 4.74 Å². The number of unbranched alkanes of at least 4 members (excludes halogenated alkanes) is 1. The van der Waals surface area contributed by atoms with Gasteiger partial charge in [0.05, 0.1) is 16.8 Å². The number of ether oxygens (including phenoxy) is 1. The molecule has 1 heterocycles. The number of rotatable bonds is 6. The molecule has 0 bridgehead atoms. The minimum Gasteiger partial charge on any atom is -0.494 e. The van der Waals surface area contributed by atoms with Crippen LogP contribution in [0.5, 0.6) is 5.75 Å². The fourth-order valence-electron chi connectivity index (χ4n) is 2.62. The van der Waals surface area contributed by atoms with Crippen molar-refractivity contribution in [3.63, 3.8) is 0 Å². The van der Waals surface area contributed by atoms with Gasteiger partial charge in [-0.1, -0.05) is 40.6 Å². The summed E-state index contributed by atoms with van der Waals surface area (Å²) in [4.78, 5) is 17.6. The number of hydrogen-bond acceptors (Lipinski definition) is 3. The summed E-state index contributed by atoms with van der Waals surface area (Å²) in [7, 11) is 0. The largest absolute Gasteiger partial charge is 0.494 e. The van der Waals surface area contributed by atoms with Crippen LogP contribution in [0.25, 0.3) is 10.2 Å². The van der Waals surface area contributed by atoms with Crippen molar-refractivity contribution < 1.29 is 9.53 Å². The summed E-state index contributed by atoms with van der Waals surface area (Å²) in [5.41, 5.74) is 1.65. The van der Waals surface area contributed by atoms with Gasteiger partial charge in [0, 0.05) is 16.6 Å². The SMILES string of the molecule is CCCCOc1ccc(C(=O)N=c2sc3cc(Br)ccc3n2CC)cc1. The van der Waals surface area contributed by atoms with Crippen molar-refractivity contribution in [2.45, 2.75) is 33.2 Å². The maximum absolute atomic E-state index is 12.6. The molecule has 0 saturated heterocycles. The summed E-state index contributed by atoms with van der Waals surface area (Å²) in [6.45, 7) is 5.64. The van der Waals surface area contributed by atoms with Crippen LogP contribution in [0.2, 0.25) is 0 Å². The molecule has 0 radical (unpaired) electrons. The number of hydrogen-bond donors (Lipinski definition) is 0. The van der Waals surface area contributed by atoms with E-state index in [0.717, 1.165) is 39.8 Å². The van der Waals surface area contributed by atoms with Gasteiger partial charge < -0.3 is 9.30 Å². The lowest BCUT2D eigenvalue weighted by atomic mass is 10.2. The average molecular weight is 433 g/mol. The molecular formula is C20H21BrN2O2S. The number of aromatic nitrogens is 1. The number of thiazole rings is 1. The molecule has 1 aromatic heterocycles. The molecule has 2 aromatic carbocycles. The number of amides is 1. The molecule has 136 valence electrons. The Labute approximate surface area is 165 Å². The second kappa shape index (κ2) is 8.64. The van der Waals surface area contributed by atoms with Crippen LogP contribution < -0.4 is 9.54 Å². The van der Waals surface area contributed by atoms with Crippen molar-refractivity contribution in [3.05, 3.63) is 57.3 Å². The smallest absolute Gasteiger partial charge is 0.279 e. The van der Waals surface area contributed by atoms with E-state index in [1.807, 2.05) is 24.3 Å². The van der Waals surface area contributed by atoms with Crippen LogP contribution in [-0.4, -0.2) is 17.1 Å². The van der Waals surface area contributed by atoms with E-state index >= 15 is 0 Å². The quantitative estimate of drug-likeness (QED) is 0.489. The zero-order valence-corrected chi connectivity index (χ0v) is 17.3. The standard InChI is InChI=1S/C20H21BrN2O2S/c1-3-5-12-25-16-9-6-14(7-10-16)19(24)22-20-23(4-2)17-11-8-15(21)13-18(17)26-20/h6-11,13H,3-5,12H2,1-2H3. The van der Waals surface area contributed by atoms with Gasteiger partial charge in [-0.15, -0.1) is 0 Å². The second-order valence-corrected chi connectivity index (χ2v) is 7.81. The molecule has 0 atom stereocenters. The van der Waals surface area contributed by atoms with Gasteiger partial charge >= 0.3 is 0 Å². The van der Waals surface area contributed by atoms with E-state index in [9.17, 15) is 4.79 Å². The summed E-state index contributed by atoms with van der Waals surface area (Å²) < 4.78 is 9.82. The Morgan fingerprint density at radius 1 is 1.19 bits per heavy atom. The number of carbonyl (C=O) groups excluding carboxylic acids is 1. The first kappa shape index (κ1) is 18.9. The van der Waals surface area contributed by atoms with Crippen molar-refractivity contribution in [1.29, 1.82) is 0 Å². The Morgan fingerprint density at radius 3 is 2.65 bits per heavy atom. The van der Waals surface area contributed by atoms with Gasteiger partial charge in [0.25, 0.3) is 5.91 Å². The van der Waals surface area contributed by atoms with Gasteiger partial charge in [0.2, 0.25) is 0 Å². The maximum Gasteiger partial charge on any atom is 0.279 e. The molecule has 0 spiro atoms. The summed E-state index contributed by atoms with van der Waals surface area (Å²) in [5.74, 6) is 0.545. The van der Waals surface area contributed by atoms with Gasteiger partial charge in [0.15, 0.2) is 4.80 Å². The Balaban J connectivity index is 1.87. The molecule has 0 aliphatic rings. The Kier molecular flexibility index (Phi) is 6.27. The average Bonchev–Trinajstić information content (AvgIpc) is 2.98. The topological polar surface area (TPSA) is 43.6 Å². The fraction of sp³-hybridized carbons (Fsp3) is 0.300. The van der Waals surface area contributed by atoms with Crippen LogP contribution in [-0.2, 0) is 6.54 Å². The molecule has 0 aliphatic heterocycles. The van der Waals surface area contributed by atoms with E-state index < -0.39 is 0 Å². The number of carbonyl (C=O) groups is 1. The predicted octanol–water partition coefficient (Wildman–Crippen LogP) is 5.41. The predicted molar refractivity (Wildman–Crippen MR) is 110 cm³/mol. The summed E-state index contributed by atoms with van der Waals surface area (Å²) >= 11 is 5.02. The minimum atomic E-state index is -0.238. The Bertz CT molecular complexity index is 974. The van der Waals surface area contributed by atoms with Crippen LogP contribution in [0.15, 0.2) is 51.9 Å². The van der Waals surface area contributed by atoms with E-state index in [1.165, 1.54) is 11.3 Å². The normalized spacial score (nSPS) is 11.9. The molecule has 26 heavy (non-hydrogen) atoms. The summed E-state index contributed by atoms with van der Waals surface area (Å²) in [6, 6.07) is 13.3. The van der Waals surface area contributed by atoms with Crippen LogP contribution in [0.1, 0.15) is 37.0 Å². The van der Waals surface area contributed by atoms with Gasteiger partial charge in [-0.3, -0.25) is 4.79 Å². The number of fused-ring (bicyclic) bond motifs is 1. The highest BCUT2D eigenvalue weighted by atomic mass is 79.9. The lowest BCUT2D eigenvalue weighted by Gasteiger charge is -2.05. The third-order valence-corrected chi connectivity index (χ3v) is 5.56. The van der Waals surface area contributed by atoms with Crippen LogP contribution in [0.3, 0.4) is 0 Å². The molecule has 3 aromatic rings. The van der Waals surface area contributed by atoms with Crippen LogP contribution >= 0.6 is 27.3 Å². The zero-order valence-electron chi connectivity index (χ0n) is 14.9. The molecule has 3 rings (SSSR count). The lowest BCUT2D eigenvalue weighted by Crippen LogP contribution is -2.15. The molecule has 0 unspecified atom stereocenters. The highest BCUT2D eigenvalue weighted by molar-refractivity contribution is 9.10. The highest BCUT2D eigenvalue weighted by Gasteiger charge is 2.09. The van der Waals surface area contributed by atoms with Crippen LogP contribution in [0, 0.1) is 0 Å². The van der Waals surface area contributed by atoms with Crippen molar-refractivity contribution in [2.75, 3.05) is 6.61 Å². The van der Waals surface area contributed by atoms with E-state index in [-0.39, 0.29) is 5.91 Å². The highest BCUT2D eigenvalue weighted by Crippen LogP contribution is 2.22. The van der Waals surface area contributed by atoms with E-state index in [2.05, 4.69) is 45.4 Å². The van der Waals surface area contributed by atoms with E-state index in [1.54, 1.807) is 12.1 Å². The third kappa shape index (κ3) is 4.24. The molecule has 0 fully saturated rings. The van der Waals surface area contributed by atoms with Crippen LogP contribution in [0.4, 0.5) is 0 Å². The van der Waals surface area contributed by atoms with Crippen molar-refractivity contribution in [2.24, 2.45) is 4.99 Å². The zero-order chi connectivity index (χ0) is 18.5. The summed E-state index contributed by atoms with van der Waals surface area (Å²) in [6.07, 6.45) is 2.12. The molecule has 0 N–H and O–H groups in total. The number of aryl methyl sites for hydroxylation is 1. The first-order valence-corrected chi connectivity index (χ1v) is 10.3. The first-order chi connectivity index (χ1) is 12.6. The third-order valence-electron chi connectivity index (χ3n) is 4.03. The number of halogens is 1. The number of benzene rings is 2. The molecule has 1 amide bonds. The second-order valence-electron chi connectivity index (χ2n) is 5.88. The minimum absolute atomic E-state index is 0.238. The lowest BCUT2D eigenvalue weighted by molar-refractivity contribution is 0.0998. The van der Waals surface area contributed by atoms with E-state index in [0.29, 0.717) is 17.0 Å². The molecule has 0 saturated carbocycles. The molecule has 4 nitrogen and oxygen atoms in total. The molecule has 6 heteroatoms. The maximum atomic E-state index is 12.6. The van der Waals surface area contributed by atoms with Crippen molar-refractivity contribution in [1.82, 2.24) is 4.57 Å². The molecule has 0 aliphatic carbocycles. The monoisotopic (exact) mass is 432 g/mol. The number of nitrogens with zero attached hydrogens (tertiary/aromatic N) is 2. The summed E-state index contributed by atoms with van der Waals surface area (Å²) in [5, 5.41) is 0. The Morgan fingerprint density at radius 2 is 1.96 bits per heavy atom. The molecular weight excluding hydrogens is 412 g/mol. The van der Waals surface area contributed by atoms with Gasteiger partial charge in [-0.2, -0.15) is 4.99 Å². The Hall–Kier alpha value is -1.92.